The molecular formula is C13H9FO4S. The van der Waals surface area contributed by atoms with Gasteiger partial charge in [0.25, 0.3) is 0 Å². The lowest BCUT2D eigenvalue weighted by Gasteiger charge is -2.05. The first-order chi connectivity index (χ1) is 8.97. The zero-order chi connectivity index (χ0) is 14.0. The van der Waals surface area contributed by atoms with Crippen molar-refractivity contribution in [1.82, 2.24) is 0 Å². The summed E-state index contributed by atoms with van der Waals surface area (Å²) in [5.41, 5.74) is 0.251. The maximum atomic E-state index is 13.7. The van der Waals surface area contributed by atoms with E-state index in [0.29, 0.717) is 0 Å². The molecule has 1 aromatic heterocycles. The molecule has 98 valence electrons. The molecule has 0 aliphatic rings. The van der Waals surface area contributed by atoms with Gasteiger partial charge >= 0.3 is 5.97 Å². The molecule has 1 aromatic carbocycles. The predicted octanol–water partition coefficient (Wildman–Crippen LogP) is 3.58. The summed E-state index contributed by atoms with van der Waals surface area (Å²) in [6.07, 6.45) is 0. The van der Waals surface area contributed by atoms with Gasteiger partial charge in [0.15, 0.2) is 17.3 Å². The number of Topliss-reactive ketones (excluding diaryl/α,β-unsaturated/α-hetero) is 1. The third kappa shape index (κ3) is 2.97. The minimum atomic E-state index is -1.06. The predicted molar refractivity (Wildman–Crippen MR) is 67.8 cm³/mol. The Hall–Kier alpha value is -2.21. The average Bonchev–Trinajstić information content (AvgIpc) is 2.80. The van der Waals surface area contributed by atoms with E-state index >= 15 is 0 Å². The zero-order valence-electron chi connectivity index (χ0n) is 9.84. The van der Waals surface area contributed by atoms with E-state index in [1.165, 1.54) is 30.5 Å². The summed E-state index contributed by atoms with van der Waals surface area (Å²) in [6, 6.07) is 5.18. The van der Waals surface area contributed by atoms with Crippen molar-refractivity contribution in [2.45, 2.75) is 6.92 Å². The van der Waals surface area contributed by atoms with E-state index in [-0.39, 0.29) is 27.7 Å². The number of carbonyl (C=O) groups excluding carboxylic acids is 1. The van der Waals surface area contributed by atoms with Crippen LogP contribution in [0.3, 0.4) is 0 Å². The quantitative estimate of drug-likeness (QED) is 0.869. The van der Waals surface area contributed by atoms with Gasteiger partial charge in [-0.2, -0.15) is 0 Å². The smallest absolute Gasteiger partial charge is 0.346 e. The number of carboxylic acids is 1. The molecule has 1 N–H and O–H groups in total. The maximum Gasteiger partial charge on any atom is 0.346 e. The SMILES string of the molecule is CC(=O)c1ccc(Oc2csc(C(=O)O)c2)c(F)c1. The second kappa shape index (κ2) is 5.19. The first kappa shape index (κ1) is 13.2. The van der Waals surface area contributed by atoms with Crippen LogP contribution in [0.1, 0.15) is 27.0 Å². The van der Waals surface area contributed by atoms with E-state index in [0.717, 1.165) is 17.4 Å². The Balaban J connectivity index is 2.23. The topological polar surface area (TPSA) is 63.6 Å². The molecule has 0 unspecified atom stereocenters. The Kier molecular flexibility index (Phi) is 3.62. The molecular weight excluding hydrogens is 271 g/mol. The number of carbonyl (C=O) groups is 2. The summed E-state index contributed by atoms with van der Waals surface area (Å²) in [7, 11) is 0. The number of benzene rings is 1. The highest BCUT2D eigenvalue weighted by molar-refractivity contribution is 7.12. The number of aromatic carboxylic acids is 1. The van der Waals surface area contributed by atoms with E-state index in [9.17, 15) is 14.0 Å². The molecule has 19 heavy (non-hydrogen) atoms. The van der Waals surface area contributed by atoms with Gasteiger partial charge in [0.1, 0.15) is 10.6 Å². The number of hydrogen-bond acceptors (Lipinski definition) is 4. The van der Waals surface area contributed by atoms with Crippen LogP contribution in [0, 0.1) is 5.82 Å². The van der Waals surface area contributed by atoms with Crippen LogP contribution in [0.5, 0.6) is 11.5 Å². The monoisotopic (exact) mass is 280 g/mol. The summed E-state index contributed by atoms with van der Waals surface area (Å²) in [5.74, 6) is -1.78. The largest absolute Gasteiger partial charge is 0.477 e. The van der Waals surface area contributed by atoms with Crippen molar-refractivity contribution in [1.29, 1.82) is 0 Å². The van der Waals surface area contributed by atoms with Gasteiger partial charge in [-0.1, -0.05) is 0 Å². The number of carboxylic acid groups (broad SMARTS) is 1. The van der Waals surface area contributed by atoms with Gasteiger partial charge in [-0.05, 0) is 25.1 Å². The van der Waals surface area contributed by atoms with Gasteiger partial charge in [-0.15, -0.1) is 11.3 Å². The molecule has 0 bridgehead atoms. The molecule has 0 spiro atoms. The first-order valence-electron chi connectivity index (χ1n) is 5.27. The number of halogens is 1. The van der Waals surface area contributed by atoms with Gasteiger partial charge < -0.3 is 9.84 Å². The molecule has 0 saturated carbocycles. The van der Waals surface area contributed by atoms with Gasteiger partial charge in [-0.3, -0.25) is 4.79 Å². The number of thiophene rings is 1. The molecule has 0 radical (unpaired) electrons. The average molecular weight is 280 g/mol. The molecule has 0 aliphatic heterocycles. The molecule has 2 rings (SSSR count). The molecule has 6 heteroatoms. The Morgan fingerprint density at radius 1 is 1.32 bits per heavy atom. The third-order valence-electron chi connectivity index (χ3n) is 2.35. The lowest BCUT2D eigenvalue weighted by atomic mass is 10.1. The van der Waals surface area contributed by atoms with Crippen molar-refractivity contribution < 1.29 is 23.8 Å². The number of ether oxygens (including phenoxy) is 1. The zero-order valence-corrected chi connectivity index (χ0v) is 10.7. The number of ketones is 1. The fraction of sp³-hybridized carbons (Fsp3) is 0.0769. The number of rotatable bonds is 4. The van der Waals surface area contributed by atoms with Crippen LogP contribution < -0.4 is 4.74 Å². The molecule has 0 aliphatic carbocycles. The van der Waals surface area contributed by atoms with E-state index in [4.69, 9.17) is 9.84 Å². The fourth-order valence-corrected chi connectivity index (χ4v) is 2.06. The van der Waals surface area contributed by atoms with E-state index in [2.05, 4.69) is 0 Å². The molecule has 0 saturated heterocycles. The third-order valence-corrected chi connectivity index (χ3v) is 3.25. The molecule has 0 fully saturated rings. The van der Waals surface area contributed by atoms with Crippen LogP contribution in [0.2, 0.25) is 0 Å². The Morgan fingerprint density at radius 3 is 2.58 bits per heavy atom. The van der Waals surface area contributed by atoms with Crippen molar-refractivity contribution in [2.75, 3.05) is 0 Å². The van der Waals surface area contributed by atoms with Crippen molar-refractivity contribution in [3.05, 3.63) is 45.9 Å². The van der Waals surface area contributed by atoms with Crippen LogP contribution >= 0.6 is 11.3 Å². The first-order valence-corrected chi connectivity index (χ1v) is 6.15. The van der Waals surface area contributed by atoms with Crippen molar-refractivity contribution in [3.8, 4) is 11.5 Å². The van der Waals surface area contributed by atoms with Crippen molar-refractivity contribution in [2.24, 2.45) is 0 Å². The van der Waals surface area contributed by atoms with Crippen LogP contribution in [0.25, 0.3) is 0 Å². The summed E-state index contributed by atoms with van der Waals surface area (Å²) < 4.78 is 18.9. The van der Waals surface area contributed by atoms with Crippen LogP contribution in [-0.2, 0) is 0 Å². The van der Waals surface area contributed by atoms with E-state index in [1.807, 2.05) is 0 Å². The second-order valence-electron chi connectivity index (χ2n) is 3.76. The van der Waals surface area contributed by atoms with Crippen LogP contribution in [0.15, 0.2) is 29.6 Å². The summed E-state index contributed by atoms with van der Waals surface area (Å²) in [4.78, 5) is 21.9. The summed E-state index contributed by atoms with van der Waals surface area (Å²) in [5, 5.41) is 10.2. The molecule has 0 amide bonds. The van der Waals surface area contributed by atoms with Gasteiger partial charge in [-0.25, -0.2) is 9.18 Å². The van der Waals surface area contributed by atoms with Crippen LogP contribution in [0.4, 0.5) is 4.39 Å². The highest BCUT2D eigenvalue weighted by Crippen LogP contribution is 2.29. The number of hydrogen-bond donors (Lipinski definition) is 1. The Bertz CT molecular complexity index is 648. The normalized spacial score (nSPS) is 10.2. The highest BCUT2D eigenvalue weighted by atomic mass is 32.1. The lowest BCUT2D eigenvalue weighted by molar-refractivity contribution is 0.0701. The maximum absolute atomic E-state index is 13.7. The van der Waals surface area contributed by atoms with Crippen molar-refractivity contribution in [3.63, 3.8) is 0 Å². The molecule has 2 aromatic rings. The standard InChI is InChI=1S/C13H9FO4S/c1-7(15)8-2-3-11(10(14)4-8)18-9-5-12(13(16)17)19-6-9/h2-6H,1H3,(H,16,17). The summed E-state index contributed by atoms with van der Waals surface area (Å²) >= 11 is 0.990. The fourth-order valence-electron chi connectivity index (χ4n) is 1.41. The highest BCUT2D eigenvalue weighted by Gasteiger charge is 2.11. The molecule has 0 atom stereocenters. The van der Waals surface area contributed by atoms with E-state index < -0.39 is 11.8 Å². The van der Waals surface area contributed by atoms with E-state index in [1.54, 1.807) is 0 Å². The minimum absolute atomic E-state index is 0.0558. The Labute approximate surface area is 112 Å². The minimum Gasteiger partial charge on any atom is -0.477 e. The summed E-state index contributed by atoms with van der Waals surface area (Å²) in [6.45, 7) is 1.34. The molecule has 4 nitrogen and oxygen atoms in total. The van der Waals surface area contributed by atoms with Gasteiger partial charge in [0.2, 0.25) is 0 Å². The van der Waals surface area contributed by atoms with Crippen LogP contribution in [-0.4, -0.2) is 16.9 Å². The molecule has 1 heterocycles. The van der Waals surface area contributed by atoms with Gasteiger partial charge in [0.05, 0.1) is 0 Å². The Morgan fingerprint density at radius 2 is 2.05 bits per heavy atom. The van der Waals surface area contributed by atoms with Crippen molar-refractivity contribution >= 4 is 23.1 Å². The second-order valence-corrected chi connectivity index (χ2v) is 4.67. The lowest BCUT2D eigenvalue weighted by Crippen LogP contribution is -1.95. The van der Waals surface area contributed by atoms with Gasteiger partial charge in [0, 0.05) is 17.0 Å².